The van der Waals surface area contributed by atoms with E-state index in [1.165, 1.54) is 5.56 Å². The Morgan fingerprint density at radius 2 is 2.00 bits per heavy atom. The molecular formula is C24H27N3O2. The van der Waals surface area contributed by atoms with Gasteiger partial charge in [-0.05, 0) is 61.8 Å². The van der Waals surface area contributed by atoms with Crippen LogP contribution >= 0.6 is 0 Å². The third-order valence-corrected chi connectivity index (χ3v) is 6.04. The van der Waals surface area contributed by atoms with Crippen LogP contribution < -0.4 is 5.32 Å². The summed E-state index contributed by atoms with van der Waals surface area (Å²) in [4.78, 5) is 29.5. The topological polar surface area (TPSA) is 63.5 Å². The Hall–Kier alpha value is -2.95. The van der Waals surface area contributed by atoms with Crippen LogP contribution in [0.5, 0.6) is 0 Å². The summed E-state index contributed by atoms with van der Waals surface area (Å²) in [6.45, 7) is 1.79. The molecule has 1 amide bonds. The number of nitrogens with one attached hydrogen (secondary N) is 1. The van der Waals surface area contributed by atoms with Crippen LogP contribution in [0.15, 0.2) is 61.1 Å². The maximum absolute atomic E-state index is 12.7. The van der Waals surface area contributed by atoms with Crippen molar-refractivity contribution < 1.29 is 9.59 Å². The smallest absolute Gasteiger partial charge is 0.223 e. The molecule has 3 atom stereocenters. The normalized spacial score (nSPS) is 19.9. The van der Waals surface area contributed by atoms with Gasteiger partial charge in [-0.3, -0.25) is 9.59 Å². The maximum atomic E-state index is 12.7. The molecule has 0 spiro atoms. The minimum Gasteiger partial charge on any atom is -0.346 e. The number of aryl methyl sites for hydroxylation is 1. The number of aromatic nitrogens is 2. The Morgan fingerprint density at radius 1 is 1.17 bits per heavy atom. The van der Waals surface area contributed by atoms with Crippen molar-refractivity contribution in [1.29, 1.82) is 0 Å². The first-order valence-corrected chi connectivity index (χ1v) is 10.4. The third kappa shape index (κ3) is 4.56. The Labute approximate surface area is 171 Å². The van der Waals surface area contributed by atoms with E-state index in [1.54, 1.807) is 13.1 Å². The molecule has 0 aliphatic heterocycles. The number of hydrogen-bond acceptors (Lipinski definition) is 3. The number of nitrogens with zero attached hydrogens (tertiary/aromatic N) is 2. The van der Waals surface area contributed by atoms with Crippen molar-refractivity contribution in [3.05, 3.63) is 72.2 Å². The Balaban J connectivity index is 1.26. The Bertz CT molecular complexity index is 996. The van der Waals surface area contributed by atoms with Gasteiger partial charge in [0.1, 0.15) is 5.65 Å². The van der Waals surface area contributed by atoms with Gasteiger partial charge in [0.25, 0.3) is 0 Å². The number of ketones is 1. The molecule has 1 aromatic carbocycles. The average Bonchev–Trinajstić information content (AvgIpc) is 3.41. The number of pyridine rings is 1. The molecule has 5 nitrogen and oxygen atoms in total. The quantitative estimate of drug-likeness (QED) is 0.666. The zero-order chi connectivity index (χ0) is 20.2. The number of Topliss-reactive ketones (excluding diaryl/α,β-unsaturated/α-hetero) is 1. The number of carbonyl (C=O) groups excluding carboxylic acids is 2. The molecule has 1 aliphatic carbocycles. The molecule has 29 heavy (non-hydrogen) atoms. The van der Waals surface area contributed by atoms with Gasteiger partial charge in [-0.15, -0.1) is 0 Å². The second-order valence-electron chi connectivity index (χ2n) is 8.04. The molecule has 1 aliphatic rings. The molecule has 0 saturated heterocycles. The van der Waals surface area contributed by atoms with Gasteiger partial charge in [-0.2, -0.15) is 0 Å². The van der Waals surface area contributed by atoms with Crippen LogP contribution in [0.2, 0.25) is 0 Å². The Morgan fingerprint density at radius 3 is 2.83 bits per heavy atom. The van der Waals surface area contributed by atoms with Crippen LogP contribution in [-0.2, 0) is 16.0 Å². The van der Waals surface area contributed by atoms with Crippen molar-refractivity contribution in [3.8, 4) is 0 Å². The highest BCUT2D eigenvalue weighted by Crippen LogP contribution is 2.38. The number of fused-ring (bicyclic) bond motifs is 1. The summed E-state index contributed by atoms with van der Waals surface area (Å²) in [5, 5.41) is 2.95. The lowest BCUT2D eigenvalue weighted by atomic mass is 9.96. The lowest BCUT2D eigenvalue weighted by Gasteiger charge is -2.17. The molecule has 1 saturated carbocycles. The van der Waals surface area contributed by atoms with E-state index in [0.717, 1.165) is 30.5 Å². The summed E-state index contributed by atoms with van der Waals surface area (Å²) >= 11 is 0. The van der Waals surface area contributed by atoms with Crippen molar-refractivity contribution in [3.63, 3.8) is 0 Å². The summed E-state index contributed by atoms with van der Waals surface area (Å²) in [5.74, 6) is 0.524. The maximum Gasteiger partial charge on any atom is 0.223 e. The summed E-state index contributed by atoms with van der Waals surface area (Å²) < 4.78 is 1.94. The van der Waals surface area contributed by atoms with Crippen LogP contribution in [0.4, 0.5) is 0 Å². The van der Waals surface area contributed by atoms with E-state index in [4.69, 9.17) is 0 Å². The van der Waals surface area contributed by atoms with E-state index in [-0.39, 0.29) is 17.6 Å². The van der Waals surface area contributed by atoms with Crippen LogP contribution in [0.3, 0.4) is 0 Å². The summed E-state index contributed by atoms with van der Waals surface area (Å²) in [6.07, 6.45) is 9.45. The van der Waals surface area contributed by atoms with Crippen molar-refractivity contribution in [2.45, 2.75) is 51.0 Å². The fraction of sp³-hybridized carbons (Fsp3) is 0.375. The minimum absolute atomic E-state index is 0.00157. The second-order valence-corrected chi connectivity index (χ2v) is 8.04. The van der Waals surface area contributed by atoms with Crippen LogP contribution in [0.25, 0.3) is 5.65 Å². The number of benzene rings is 1. The van der Waals surface area contributed by atoms with E-state index in [0.29, 0.717) is 18.8 Å². The van der Waals surface area contributed by atoms with Crippen molar-refractivity contribution in [2.24, 2.45) is 5.92 Å². The van der Waals surface area contributed by atoms with Crippen LogP contribution in [-0.4, -0.2) is 27.1 Å². The zero-order valence-electron chi connectivity index (χ0n) is 16.8. The SMILES string of the molecule is C[C@H](NC(=O)[C@@H]1CC[C@@H](c2ccccc2)C1)C(=O)CCc1ccn2ccnc2c1. The predicted octanol–water partition coefficient (Wildman–Crippen LogP) is 3.92. The molecule has 0 unspecified atom stereocenters. The molecule has 150 valence electrons. The standard InChI is InChI=1S/C24H27N3O2/c1-17(22(28)10-7-18-11-13-27-14-12-25-23(27)15-18)26-24(29)21-9-8-20(16-21)19-5-3-2-4-6-19/h2-6,11-15,17,20-21H,7-10,16H2,1H3,(H,26,29)/t17-,20+,21+/m0/s1. The van der Waals surface area contributed by atoms with Gasteiger partial charge in [0.05, 0.1) is 6.04 Å². The van der Waals surface area contributed by atoms with Gasteiger partial charge in [-0.25, -0.2) is 4.98 Å². The highest BCUT2D eigenvalue weighted by Gasteiger charge is 2.31. The predicted molar refractivity (Wildman–Crippen MR) is 113 cm³/mol. The van der Waals surface area contributed by atoms with Crippen molar-refractivity contribution in [1.82, 2.24) is 14.7 Å². The molecule has 3 aromatic rings. The van der Waals surface area contributed by atoms with Gasteiger partial charge >= 0.3 is 0 Å². The van der Waals surface area contributed by atoms with Crippen molar-refractivity contribution >= 4 is 17.3 Å². The highest BCUT2D eigenvalue weighted by atomic mass is 16.2. The van der Waals surface area contributed by atoms with E-state index >= 15 is 0 Å². The second kappa shape index (κ2) is 8.60. The molecule has 4 rings (SSSR count). The van der Waals surface area contributed by atoms with Gasteiger partial charge in [0, 0.05) is 30.9 Å². The first kappa shape index (κ1) is 19.4. The fourth-order valence-electron chi connectivity index (χ4n) is 4.25. The lowest BCUT2D eigenvalue weighted by Crippen LogP contribution is -2.41. The van der Waals surface area contributed by atoms with Crippen LogP contribution in [0, 0.1) is 5.92 Å². The highest BCUT2D eigenvalue weighted by molar-refractivity contribution is 5.89. The molecule has 0 bridgehead atoms. The molecular weight excluding hydrogens is 362 g/mol. The fourth-order valence-corrected chi connectivity index (χ4v) is 4.25. The average molecular weight is 389 g/mol. The summed E-state index contributed by atoms with van der Waals surface area (Å²) in [5.41, 5.74) is 3.27. The summed E-state index contributed by atoms with van der Waals surface area (Å²) in [7, 11) is 0. The number of amides is 1. The third-order valence-electron chi connectivity index (χ3n) is 6.04. The molecule has 0 radical (unpaired) electrons. The largest absolute Gasteiger partial charge is 0.346 e. The molecule has 2 aromatic heterocycles. The number of rotatable bonds is 7. The molecule has 1 N–H and O–H groups in total. The van der Waals surface area contributed by atoms with E-state index in [2.05, 4.69) is 22.4 Å². The van der Waals surface area contributed by atoms with Crippen LogP contribution in [0.1, 0.15) is 49.7 Å². The Kier molecular flexibility index (Phi) is 5.74. The number of hydrogen-bond donors (Lipinski definition) is 1. The summed E-state index contributed by atoms with van der Waals surface area (Å²) in [6, 6.07) is 13.9. The lowest BCUT2D eigenvalue weighted by molar-refractivity contribution is -0.129. The van der Waals surface area contributed by atoms with Gasteiger partial charge in [0.15, 0.2) is 5.78 Å². The minimum atomic E-state index is -0.451. The van der Waals surface area contributed by atoms with Crippen molar-refractivity contribution in [2.75, 3.05) is 0 Å². The number of carbonyl (C=O) groups is 2. The van der Waals surface area contributed by atoms with E-state index in [1.807, 2.05) is 47.1 Å². The first-order chi connectivity index (χ1) is 14.1. The monoisotopic (exact) mass is 389 g/mol. The number of imidazole rings is 1. The first-order valence-electron chi connectivity index (χ1n) is 10.4. The molecule has 5 heteroatoms. The van der Waals surface area contributed by atoms with Gasteiger partial charge in [-0.1, -0.05) is 30.3 Å². The zero-order valence-corrected chi connectivity index (χ0v) is 16.8. The van der Waals surface area contributed by atoms with Gasteiger partial charge in [0.2, 0.25) is 5.91 Å². The molecule has 1 fully saturated rings. The van der Waals surface area contributed by atoms with Gasteiger partial charge < -0.3 is 9.72 Å². The van der Waals surface area contributed by atoms with E-state index in [9.17, 15) is 9.59 Å². The molecule has 2 heterocycles. The van der Waals surface area contributed by atoms with E-state index < -0.39 is 6.04 Å².